The summed E-state index contributed by atoms with van der Waals surface area (Å²) < 4.78 is 12.7. The van der Waals surface area contributed by atoms with Crippen LogP contribution in [-0.2, 0) is 9.59 Å². The van der Waals surface area contributed by atoms with Gasteiger partial charge in [0, 0.05) is 0 Å². The van der Waals surface area contributed by atoms with E-state index in [-0.39, 0.29) is 5.82 Å². The van der Waals surface area contributed by atoms with Gasteiger partial charge < -0.3 is 10.6 Å². The molecule has 0 aliphatic rings. The minimum absolute atomic E-state index is 0.0747. The Morgan fingerprint density at radius 1 is 1.26 bits per heavy atom. The van der Waals surface area contributed by atoms with E-state index in [2.05, 4.69) is 15.6 Å². The molecule has 0 saturated carbocycles. The Balaban J connectivity index is 1.98. The molecule has 0 saturated heterocycles. The molecule has 2 N–H and O–H groups in total. The molecule has 2 aromatic rings. The summed E-state index contributed by atoms with van der Waals surface area (Å²) in [5, 5.41) is 13.6. The fourth-order valence-corrected chi connectivity index (χ4v) is 1.85. The quantitative estimate of drug-likeness (QED) is 0.846. The van der Waals surface area contributed by atoms with Crippen molar-refractivity contribution in [1.82, 2.24) is 10.3 Å². The molecule has 1 heterocycles. The van der Waals surface area contributed by atoms with Crippen LogP contribution in [0.25, 0.3) is 0 Å². The molecule has 2 amide bonds. The number of pyridine rings is 1. The summed E-state index contributed by atoms with van der Waals surface area (Å²) in [6.45, 7) is 1.69. The van der Waals surface area contributed by atoms with Crippen LogP contribution in [0.5, 0.6) is 0 Å². The number of carbonyl (C=O) groups is 2. The van der Waals surface area contributed by atoms with Gasteiger partial charge in [0.15, 0.2) is 0 Å². The second kappa shape index (κ2) is 7.13. The molecule has 1 atom stereocenters. The van der Waals surface area contributed by atoms with E-state index in [1.165, 1.54) is 6.07 Å². The number of aromatic nitrogens is 1. The van der Waals surface area contributed by atoms with Crippen molar-refractivity contribution in [2.24, 2.45) is 0 Å². The van der Waals surface area contributed by atoms with E-state index in [9.17, 15) is 14.0 Å². The van der Waals surface area contributed by atoms with E-state index >= 15 is 0 Å². The van der Waals surface area contributed by atoms with Gasteiger partial charge in [-0.15, -0.1) is 0 Å². The molecule has 23 heavy (non-hydrogen) atoms. The Morgan fingerprint density at radius 2 is 2.04 bits per heavy atom. The van der Waals surface area contributed by atoms with Gasteiger partial charge in [-0.25, -0.2) is 9.37 Å². The largest absolute Gasteiger partial charge is 0.341 e. The summed E-state index contributed by atoms with van der Waals surface area (Å²) in [4.78, 5) is 27.3. The molecule has 7 heteroatoms. The Labute approximate surface area is 132 Å². The SMILES string of the molecule is CC(NC(=O)C(=O)Nc1ccc(F)cn1)c1cccc(C#N)c1. The van der Waals surface area contributed by atoms with Crippen LogP contribution in [0.3, 0.4) is 0 Å². The Bertz CT molecular complexity index is 768. The van der Waals surface area contributed by atoms with E-state index < -0.39 is 23.7 Å². The van der Waals surface area contributed by atoms with Crippen molar-refractivity contribution < 1.29 is 14.0 Å². The average molecular weight is 312 g/mol. The van der Waals surface area contributed by atoms with Gasteiger partial charge in [-0.2, -0.15) is 5.26 Å². The maximum Gasteiger partial charge on any atom is 0.314 e. The lowest BCUT2D eigenvalue weighted by Crippen LogP contribution is -2.37. The van der Waals surface area contributed by atoms with Gasteiger partial charge in [-0.1, -0.05) is 12.1 Å². The fourth-order valence-electron chi connectivity index (χ4n) is 1.85. The van der Waals surface area contributed by atoms with Crippen LogP contribution < -0.4 is 10.6 Å². The van der Waals surface area contributed by atoms with Gasteiger partial charge in [0.1, 0.15) is 11.6 Å². The number of carbonyl (C=O) groups excluding carboxylic acids is 2. The van der Waals surface area contributed by atoms with Crippen LogP contribution in [0, 0.1) is 17.1 Å². The molecule has 1 unspecified atom stereocenters. The first-order valence-corrected chi connectivity index (χ1v) is 6.73. The van der Waals surface area contributed by atoms with Crippen molar-refractivity contribution in [3.63, 3.8) is 0 Å². The Hall–Kier alpha value is -3.27. The number of amides is 2. The highest BCUT2D eigenvalue weighted by Crippen LogP contribution is 2.13. The van der Waals surface area contributed by atoms with E-state index in [4.69, 9.17) is 5.26 Å². The minimum Gasteiger partial charge on any atom is -0.341 e. The van der Waals surface area contributed by atoms with Crippen molar-refractivity contribution in [3.05, 3.63) is 59.5 Å². The third-order valence-electron chi connectivity index (χ3n) is 3.04. The summed E-state index contributed by atoms with van der Waals surface area (Å²) in [7, 11) is 0. The zero-order chi connectivity index (χ0) is 16.8. The number of nitriles is 1. The first-order valence-electron chi connectivity index (χ1n) is 6.73. The highest BCUT2D eigenvalue weighted by atomic mass is 19.1. The molecule has 6 nitrogen and oxygen atoms in total. The zero-order valence-electron chi connectivity index (χ0n) is 12.2. The van der Waals surface area contributed by atoms with Crippen molar-refractivity contribution in [2.45, 2.75) is 13.0 Å². The van der Waals surface area contributed by atoms with Crippen molar-refractivity contribution in [1.29, 1.82) is 5.26 Å². The number of nitrogens with one attached hydrogen (secondary N) is 2. The Morgan fingerprint density at radius 3 is 2.70 bits per heavy atom. The number of hydrogen-bond acceptors (Lipinski definition) is 4. The number of benzene rings is 1. The molecule has 0 aliphatic carbocycles. The molecule has 0 bridgehead atoms. The number of rotatable bonds is 3. The predicted octanol–water partition coefficient (Wildman–Crippen LogP) is 1.91. The van der Waals surface area contributed by atoms with Crippen LogP contribution >= 0.6 is 0 Å². The summed E-state index contributed by atoms with van der Waals surface area (Å²) in [5.74, 6) is -2.23. The van der Waals surface area contributed by atoms with Gasteiger partial charge in [0.25, 0.3) is 0 Å². The number of hydrogen-bond donors (Lipinski definition) is 2. The lowest BCUT2D eigenvalue weighted by Gasteiger charge is -2.14. The van der Waals surface area contributed by atoms with Crippen LogP contribution in [0.4, 0.5) is 10.2 Å². The molecule has 1 aromatic heterocycles. The third kappa shape index (κ3) is 4.35. The molecule has 2 rings (SSSR count). The summed E-state index contributed by atoms with van der Waals surface area (Å²) in [6, 6.07) is 10.6. The van der Waals surface area contributed by atoms with Crippen LogP contribution in [0.15, 0.2) is 42.6 Å². The standard InChI is InChI=1S/C16H13FN4O2/c1-10(12-4-2-3-11(7-12)8-18)20-15(22)16(23)21-14-6-5-13(17)9-19-14/h2-7,9-10H,1H3,(H,20,22)(H,19,21,23). The first kappa shape index (κ1) is 16.1. The van der Waals surface area contributed by atoms with Crippen LogP contribution in [0.2, 0.25) is 0 Å². The third-order valence-corrected chi connectivity index (χ3v) is 3.04. The average Bonchev–Trinajstić information content (AvgIpc) is 2.56. The summed E-state index contributed by atoms with van der Waals surface area (Å²) in [6.07, 6.45) is 0.934. The lowest BCUT2D eigenvalue weighted by atomic mass is 10.1. The van der Waals surface area contributed by atoms with E-state index in [0.717, 1.165) is 12.3 Å². The van der Waals surface area contributed by atoms with Crippen molar-refractivity contribution in [3.8, 4) is 6.07 Å². The van der Waals surface area contributed by atoms with Gasteiger partial charge in [-0.3, -0.25) is 9.59 Å². The van der Waals surface area contributed by atoms with Crippen LogP contribution in [-0.4, -0.2) is 16.8 Å². The molecule has 0 fully saturated rings. The second-order valence-corrected chi connectivity index (χ2v) is 4.75. The van der Waals surface area contributed by atoms with E-state index in [1.54, 1.807) is 31.2 Å². The fraction of sp³-hybridized carbons (Fsp3) is 0.125. The molecule has 0 radical (unpaired) electrons. The molecule has 0 aliphatic heterocycles. The molecule has 0 spiro atoms. The smallest absolute Gasteiger partial charge is 0.314 e. The topological polar surface area (TPSA) is 94.9 Å². The number of halogens is 1. The van der Waals surface area contributed by atoms with Crippen molar-refractivity contribution >= 4 is 17.6 Å². The van der Waals surface area contributed by atoms with Gasteiger partial charge in [0.05, 0.1) is 23.9 Å². The van der Waals surface area contributed by atoms with Gasteiger partial charge >= 0.3 is 11.8 Å². The van der Waals surface area contributed by atoms with E-state index in [0.29, 0.717) is 11.1 Å². The van der Waals surface area contributed by atoms with Gasteiger partial charge in [0.2, 0.25) is 0 Å². The molecular formula is C16H13FN4O2. The molecular weight excluding hydrogens is 299 g/mol. The highest BCUT2D eigenvalue weighted by molar-refractivity contribution is 6.39. The lowest BCUT2D eigenvalue weighted by molar-refractivity contribution is -0.136. The van der Waals surface area contributed by atoms with Crippen molar-refractivity contribution in [2.75, 3.05) is 5.32 Å². The molecule has 1 aromatic carbocycles. The zero-order valence-corrected chi connectivity index (χ0v) is 12.2. The predicted molar refractivity (Wildman–Crippen MR) is 80.5 cm³/mol. The molecule has 116 valence electrons. The monoisotopic (exact) mass is 312 g/mol. The van der Waals surface area contributed by atoms with E-state index in [1.807, 2.05) is 6.07 Å². The van der Waals surface area contributed by atoms with Crippen LogP contribution in [0.1, 0.15) is 24.1 Å². The maximum atomic E-state index is 12.7. The summed E-state index contributed by atoms with van der Waals surface area (Å²) in [5.41, 5.74) is 1.16. The second-order valence-electron chi connectivity index (χ2n) is 4.75. The highest BCUT2D eigenvalue weighted by Gasteiger charge is 2.17. The summed E-state index contributed by atoms with van der Waals surface area (Å²) >= 11 is 0. The maximum absolute atomic E-state index is 12.7. The van der Waals surface area contributed by atoms with Gasteiger partial charge in [-0.05, 0) is 36.8 Å². The minimum atomic E-state index is -0.910. The normalized spacial score (nSPS) is 11.2. The first-order chi connectivity index (χ1) is 11.0. The number of anilines is 1. The Kier molecular flexibility index (Phi) is 5.00. The number of nitrogens with zero attached hydrogens (tertiary/aromatic N) is 2.